The van der Waals surface area contributed by atoms with Crippen molar-refractivity contribution < 1.29 is 14.1 Å². The van der Waals surface area contributed by atoms with E-state index in [0.29, 0.717) is 17.1 Å². The van der Waals surface area contributed by atoms with Crippen LogP contribution in [0.25, 0.3) is 11.3 Å². The zero-order valence-electron chi connectivity index (χ0n) is 9.64. The Kier molecular flexibility index (Phi) is 2.22. The van der Waals surface area contributed by atoms with E-state index >= 15 is 0 Å². The number of aromatic nitrogens is 1. The van der Waals surface area contributed by atoms with Gasteiger partial charge in [0.1, 0.15) is 11.4 Å². The number of amides is 1. The van der Waals surface area contributed by atoms with Crippen molar-refractivity contribution in [2.75, 3.05) is 11.1 Å². The predicted molar refractivity (Wildman–Crippen MR) is 65.1 cm³/mol. The maximum absolute atomic E-state index is 11.5. The van der Waals surface area contributed by atoms with Crippen molar-refractivity contribution in [3.05, 3.63) is 24.3 Å². The molecule has 1 amide bonds. The van der Waals surface area contributed by atoms with E-state index in [-0.39, 0.29) is 11.8 Å². The third-order valence-corrected chi connectivity index (χ3v) is 2.73. The molecule has 0 fully saturated rings. The summed E-state index contributed by atoms with van der Waals surface area (Å²) in [4.78, 5) is 11.5. The minimum absolute atomic E-state index is 0.167. The quantitative estimate of drug-likeness (QED) is 0.797. The summed E-state index contributed by atoms with van der Waals surface area (Å²) < 4.78 is 10.3. The Morgan fingerprint density at radius 1 is 1.39 bits per heavy atom. The van der Waals surface area contributed by atoms with E-state index in [1.54, 1.807) is 25.1 Å². The first-order valence-corrected chi connectivity index (χ1v) is 5.47. The Labute approximate surface area is 103 Å². The molecule has 0 radical (unpaired) electrons. The average Bonchev–Trinajstić information content (AvgIpc) is 2.77. The number of carbonyl (C=O) groups excluding carboxylic acids is 1. The lowest BCUT2D eigenvalue weighted by Crippen LogP contribution is -2.34. The Bertz CT molecular complexity index is 621. The summed E-state index contributed by atoms with van der Waals surface area (Å²) in [6.07, 6.45) is -0.481. The molecule has 92 valence electrons. The molecule has 3 N–H and O–H groups in total. The Morgan fingerprint density at radius 2 is 2.22 bits per heavy atom. The van der Waals surface area contributed by atoms with Gasteiger partial charge in [-0.1, -0.05) is 5.16 Å². The zero-order valence-corrected chi connectivity index (χ0v) is 9.64. The van der Waals surface area contributed by atoms with E-state index in [4.69, 9.17) is 15.0 Å². The van der Waals surface area contributed by atoms with E-state index < -0.39 is 6.10 Å². The Morgan fingerprint density at radius 3 is 2.94 bits per heavy atom. The first-order valence-electron chi connectivity index (χ1n) is 5.47. The number of rotatable bonds is 1. The second-order valence-electron chi connectivity index (χ2n) is 4.07. The molecule has 0 saturated heterocycles. The normalized spacial score (nSPS) is 17.8. The summed E-state index contributed by atoms with van der Waals surface area (Å²) in [5.74, 6) is 0.721. The first-order chi connectivity index (χ1) is 8.63. The molecule has 1 aromatic carbocycles. The number of nitrogen functional groups attached to an aromatic ring is 1. The van der Waals surface area contributed by atoms with Gasteiger partial charge in [0.15, 0.2) is 6.10 Å². The monoisotopic (exact) mass is 245 g/mol. The van der Waals surface area contributed by atoms with Crippen molar-refractivity contribution in [1.29, 1.82) is 0 Å². The molecular weight excluding hydrogens is 234 g/mol. The SMILES string of the molecule is CC1Oc2ccc(-c3cc(N)on3)cc2NC1=O. The van der Waals surface area contributed by atoms with Crippen LogP contribution in [-0.4, -0.2) is 17.2 Å². The molecule has 1 unspecified atom stereocenters. The molecule has 6 heteroatoms. The van der Waals surface area contributed by atoms with E-state index in [2.05, 4.69) is 10.5 Å². The molecule has 3 rings (SSSR count). The van der Waals surface area contributed by atoms with Gasteiger partial charge in [-0.25, -0.2) is 0 Å². The number of nitrogens with two attached hydrogens (primary N) is 1. The van der Waals surface area contributed by atoms with Gasteiger partial charge in [-0.3, -0.25) is 4.79 Å². The molecular formula is C12H11N3O3. The lowest BCUT2D eigenvalue weighted by atomic mass is 10.1. The number of hydrogen-bond acceptors (Lipinski definition) is 5. The Hall–Kier alpha value is -2.50. The lowest BCUT2D eigenvalue weighted by Gasteiger charge is -2.23. The van der Waals surface area contributed by atoms with Crippen molar-refractivity contribution in [1.82, 2.24) is 5.16 Å². The molecule has 0 aliphatic carbocycles. The van der Waals surface area contributed by atoms with Crippen molar-refractivity contribution in [3.63, 3.8) is 0 Å². The van der Waals surface area contributed by atoms with Crippen LogP contribution in [0.4, 0.5) is 11.6 Å². The smallest absolute Gasteiger partial charge is 0.265 e. The molecule has 0 spiro atoms. The number of benzene rings is 1. The van der Waals surface area contributed by atoms with Crippen LogP contribution in [0.15, 0.2) is 28.8 Å². The maximum atomic E-state index is 11.5. The molecule has 1 aliphatic heterocycles. The largest absolute Gasteiger partial charge is 0.479 e. The second-order valence-corrected chi connectivity index (χ2v) is 4.07. The van der Waals surface area contributed by atoms with Gasteiger partial charge in [-0.05, 0) is 25.1 Å². The first kappa shape index (κ1) is 10.6. The minimum Gasteiger partial charge on any atom is -0.479 e. The van der Waals surface area contributed by atoms with Gasteiger partial charge >= 0.3 is 0 Å². The molecule has 2 heterocycles. The predicted octanol–water partition coefficient (Wildman–Crippen LogP) is 1.64. The summed E-state index contributed by atoms with van der Waals surface area (Å²) in [5, 5.41) is 6.59. The number of anilines is 2. The van der Waals surface area contributed by atoms with E-state index in [1.165, 1.54) is 0 Å². The molecule has 0 saturated carbocycles. The Balaban J connectivity index is 2.01. The molecule has 1 atom stereocenters. The lowest BCUT2D eigenvalue weighted by molar-refractivity contribution is -0.122. The van der Waals surface area contributed by atoms with Crippen LogP contribution in [0.2, 0.25) is 0 Å². The number of nitrogens with zero attached hydrogens (tertiary/aromatic N) is 1. The molecule has 1 aromatic heterocycles. The van der Waals surface area contributed by atoms with E-state index in [0.717, 1.165) is 5.56 Å². The van der Waals surface area contributed by atoms with Crippen LogP contribution in [0.5, 0.6) is 5.75 Å². The van der Waals surface area contributed by atoms with Crippen LogP contribution < -0.4 is 15.8 Å². The second kappa shape index (κ2) is 3.76. The van der Waals surface area contributed by atoms with Gasteiger partial charge in [0.25, 0.3) is 5.91 Å². The number of fused-ring (bicyclic) bond motifs is 1. The summed E-state index contributed by atoms with van der Waals surface area (Å²) in [5.41, 5.74) is 7.51. The van der Waals surface area contributed by atoms with Gasteiger partial charge in [0, 0.05) is 11.6 Å². The maximum Gasteiger partial charge on any atom is 0.265 e. The third-order valence-electron chi connectivity index (χ3n) is 2.73. The fourth-order valence-electron chi connectivity index (χ4n) is 1.79. The summed E-state index contributed by atoms with van der Waals surface area (Å²) in [6.45, 7) is 1.70. The molecule has 1 aliphatic rings. The van der Waals surface area contributed by atoms with Crippen LogP contribution in [-0.2, 0) is 4.79 Å². The van der Waals surface area contributed by atoms with Crippen LogP contribution in [0, 0.1) is 0 Å². The van der Waals surface area contributed by atoms with Crippen LogP contribution in [0.1, 0.15) is 6.92 Å². The van der Waals surface area contributed by atoms with Crippen LogP contribution >= 0.6 is 0 Å². The average molecular weight is 245 g/mol. The number of nitrogens with one attached hydrogen (secondary N) is 1. The standard InChI is InChI=1S/C12H11N3O3/c1-6-12(16)14-9-4-7(2-3-10(9)17-6)8-5-11(13)18-15-8/h2-6H,13H2,1H3,(H,14,16). The van der Waals surface area contributed by atoms with Gasteiger partial charge in [-0.15, -0.1) is 0 Å². The van der Waals surface area contributed by atoms with Crippen molar-refractivity contribution in [3.8, 4) is 17.0 Å². The molecule has 0 bridgehead atoms. The topological polar surface area (TPSA) is 90.4 Å². The zero-order chi connectivity index (χ0) is 12.7. The highest BCUT2D eigenvalue weighted by atomic mass is 16.5. The summed E-state index contributed by atoms with van der Waals surface area (Å²) >= 11 is 0. The van der Waals surface area contributed by atoms with Gasteiger partial charge < -0.3 is 20.3 Å². The van der Waals surface area contributed by atoms with Gasteiger partial charge in [-0.2, -0.15) is 0 Å². The molecule has 2 aromatic rings. The summed E-state index contributed by atoms with van der Waals surface area (Å²) in [6, 6.07) is 7.01. The summed E-state index contributed by atoms with van der Waals surface area (Å²) in [7, 11) is 0. The van der Waals surface area contributed by atoms with Gasteiger partial charge in [0.2, 0.25) is 5.88 Å². The van der Waals surface area contributed by atoms with Crippen LogP contribution in [0.3, 0.4) is 0 Å². The number of hydrogen-bond donors (Lipinski definition) is 2. The van der Waals surface area contributed by atoms with E-state index in [1.807, 2.05) is 6.07 Å². The highest BCUT2D eigenvalue weighted by Gasteiger charge is 2.23. The number of ether oxygens (including phenoxy) is 1. The fraction of sp³-hybridized carbons (Fsp3) is 0.167. The highest BCUT2D eigenvalue weighted by Crippen LogP contribution is 2.33. The van der Waals surface area contributed by atoms with Crippen molar-refractivity contribution in [2.45, 2.75) is 13.0 Å². The third kappa shape index (κ3) is 1.67. The van der Waals surface area contributed by atoms with Crippen molar-refractivity contribution >= 4 is 17.5 Å². The fourth-order valence-corrected chi connectivity index (χ4v) is 1.79. The van der Waals surface area contributed by atoms with Gasteiger partial charge in [0.05, 0.1) is 5.69 Å². The molecule has 18 heavy (non-hydrogen) atoms. The van der Waals surface area contributed by atoms with Crippen molar-refractivity contribution in [2.24, 2.45) is 0 Å². The number of carbonyl (C=O) groups is 1. The van der Waals surface area contributed by atoms with E-state index in [9.17, 15) is 4.79 Å². The molecule has 6 nitrogen and oxygen atoms in total. The highest BCUT2D eigenvalue weighted by molar-refractivity contribution is 5.98. The minimum atomic E-state index is -0.481.